The fraction of sp³-hybridized carbons (Fsp3) is 0.875. The molecule has 5 nitrogen and oxygen atoms in total. The van der Waals surface area contributed by atoms with Crippen molar-refractivity contribution in [1.82, 2.24) is 15.5 Å². The van der Waals surface area contributed by atoms with E-state index in [9.17, 15) is 9.59 Å². The fourth-order valence-electron chi connectivity index (χ4n) is 3.26. The minimum atomic E-state index is -0.00633. The number of rotatable bonds is 5. The van der Waals surface area contributed by atoms with Crippen molar-refractivity contribution in [1.29, 1.82) is 0 Å². The maximum Gasteiger partial charge on any atom is 0.225 e. The highest BCUT2D eigenvalue weighted by Crippen LogP contribution is 2.28. The normalized spacial score (nSPS) is 26.6. The van der Waals surface area contributed by atoms with Gasteiger partial charge in [-0.05, 0) is 50.6 Å². The third kappa shape index (κ3) is 4.13. The summed E-state index contributed by atoms with van der Waals surface area (Å²) in [6.45, 7) is 6.19. The molecule has 0 bridgehead atoms. The van der Waals surface area contributed by atoms with Crippen molar-refractivity contribution >= 4 is 24.2 Å². The molecule has 2 amide bonds. The number of halogens is 1. The fourth-order valence-corrected chi connectivity index (χ4v) is 3.26. The van der Waals surface area contributed by atoms with E-state index < -0.39 is 0 Å². The maximum absolute atomic E-state index is 12.5. The summed E-state index contributed by atoms with van der Waals surface area (Å²) in [6, 6.07) is 0. The molecule has 2 N–H and O–H groups in total. The Morgan fingerprint density at radius 2 is 2.00 bits per heavy atom. The molecule has 0 aromatic rings. The van der Waals surface area contributed by atoms with Gasteiger partial charge >= 0.3 is 0 Å². The Bertz CT molecular complexity index is 410. The van der Waals surface area contributed by atoms with Crippen molar-refractivity contribution in [3.05, 3.63) is 0 Å². The van der Waals surface area contributed by atoms with Gasteiger partial charge in [0.15, 0.2) is 0 Å². The first-order valence-electron chi connectivity index (χ1n) is 8.42. The molecule has 2 aliphatic heterocycles. The van der Waals surface area contributed by atoms with E-state index in [2.05, 4.69) is 10.6 Å². The van der Waals surface area contributed by atoms with Crippen LogP contribution in [0.2, 0.25) is 0 Å². The monoisotopic (exact) mass is 329 g/mol. The van der Waals surface area contributed by atoms with Crippen molar-refractivity contribution < 1.29 is 9.59 Å². The number of hydrogen-bond donors (Lipinski definition) is 2. The molecule has 1 saturated carbocycles. The van der Waals surface area contributed by atoms with E-state index in [1.165, 1.54) is 12.8 Å². The summed E-state index contributed by atoms with van der Waals surface area (Å²) in [7, 11) is 0. The second kappa shape index (κ2) is 7.64. The van der Waals surface area contributed by atoms with E-state index in [0.29, 0.717) is 18.4 Å². The van der Waals surface area contributed by atoms with Crippen LogP contribution in [-0.4, -0.2) is 49.4 Å². The molecule has 0 aromatic carbocycles. The Labute approximate surface area is 139 Å². The van der Waals surface area contributed by atoms with Gasteiger partial charge in [0.05, 0.1) is 5.92 Å². The Hall–Kier alpha value is -0.810. The zero-order valence-electron chi connectivity index (χ0n) is 13.3. The van der Waals surface area contributed by atoms with Crippen molar-refractivity contribution in [3.63, 3.8) is 0 Å². The number of piperidine rings is 1. The number of hydrogen-bond acceptors (Lipinski definition) is 3. The van der Waals surface area contributed by atoms with Gasteiger partial charge in [-0.2, -0.15) is 0 Å². The molecular weight excluding hydrogens is 302 g/mol. The minimum absolute atomic E-state index is 0. The van der Waals surface area contributed by atoms with Crippen LogP contribution < -0.4 is 10.6 Å². The molecule has 1 aliphatic carbocycles. The molecule has 126 valence electrons. The maximum atomic E-state index is 12.5. The highest BCUT2D eigenvalue weighted by molar-refractivity contribution is 5.85. The smallest absolute Gasteiger partial charge is 0.225 e. The van der Waals surface area contributed by atoms with Gasteiger partial charge < -0.3 is 15.5 Å². The third-order valence-electron chi connectivity index (χ3n) is 5.28. The van der Waals surface area contributed by atoms with E-state index in [-0.39, 0.29) is 36.1 Å². The van der Waals surface area contributed by atoms with E-state index in [1.54, 1.807) is 0 Å². The lowest BCUT2D eigenvalue weighted by Gasteiger charge is -2.38. The van der Waals surface area contributed by atoms with Crippen LogP contribution >= 0.6 is 12.4 Å². The number of nitrogens with one attached hydrogen (secondary N) is 2. The Kier molecular flexibility index (Phi) is 6.09. The van der Waals surface area contributed by atoms with Gasteiger partial charge in [0, 0.05) is 25.6 Å². The predicted octanol–water partition coefficient (Wildman–Crippen LogP) is 1.03. The molecule has 2 unspecified atom stereocenters. The number of amides is 2. The van der Waals surface area contributed by atoms with Gasteiger partial charge in [0.25, 0.3) is 0 Å². The molecule has 3 aliphatic rings. The average molecular weight is 330 g/mol. The molecular formula is C16H28ClN3O2. The van der Waals surface area contributed by atoms with Crippen LogP contribution in [0.5, 0.6) is 0 Å². The summed E-state index contributed by atoms with van der Waals surface area (Å²) in [6.07, 6.45) is 4.37. The molecule has 3 fully saturated rings. The summed E-state index contributed by atoms with van der Waals surface area (Å²) in [5.41, 5.74) is 0. The molecule has 0 aromatic heterocycles. The van der Waals surface area contributed by atoms with Crippen LogP contribution in [-0.2, 0) is 9.59 Å². The van der Waals surface area contributed by atoms with E-state index in [4.69, 9.17) is 0 Å². The summed E-state index contributed by atoms with van der Waals surface area (Å²) in [4.78, 5) is 26.7. The Morgan fingerprint density at radius 3 is 2.59 bits per heavy atom. The Morgan fingerprint density at radius 1 is 1.27 bits per heavy atom. The second-order valence-electron chi connectivity index (χ2n) is 7.02. The van der Waals surface area contributed by atoms with E-state index in [0.717, 1.165) is 39.0 Å². The minimum Gasteiger partial charge on any atom is -0.356 e. The first-order valence-corrected chi connectivity index (χ1v) is 8.42. The lowest BCUT2D eigenvalue weighted by atomic mass is 9.87. The molecule has 6 heteroatoms. The van der Waals surface area contributed by atoms with Gasteiger partial charge in [-0.15, -0.1) is 12.4 Å². The standard InChI is InChI=1S/C16H27N3O2.ClH/c1-11(14-8-17-9-14)16(21)19-6-2-3-13(10-19)15(20)18-7-12-4-5-12;/h11-14,17H,2-10H2,1H3,(H,18,20);1H. The molecule has 3 rings (SSSR count). The first kappa shape index (κ1) is 17.5. The molecule has 0 spiro atoms. The molecule has 0 radical (unpaired) electrons. The highest BCUT2D eigenvalue weighted by Gasteiger charge is 2.35. The number of carbonyl (C=O) groups is 2. The number of nitrogens with zero attached hydrogens (tertiary/aromatic N) is 1. The number of likely N-dealkylation sites (tertiary alicyclic amines) is 1. The SMILES string of the molecule is CC(C(=O)N1CCCC(C(=O)NCC2CC2)C1)C1CNC1.Cl. The summed E-state index contributed by atoms with van der Waals surface area (Å²) in [5, 5.41) is 6.29. The van der Waals surface area contributed by atoms with Crippen LogP contribution in [0.3, 0.4) is 0 Å². The summed E-state index contributed by atoms with van der Waals surface area (Å²) < 4.78 is 0. The van der Waals surface area contributed by atoms with Crippen LogP contribution in [0.1, 0.15) is 32.6 Å². The van der Waals surface area contributed by atoms with Gasteiger partial charge in [0.1, 0.15) is 0 Å². The van der Waals surface area contributed by atoms with Crippen molar-refractivity contribution in [2.45, 2.75) is 32.6 Å². The molecule has 22 heavy (non-hydrogen) atoms. The van der Waals surface area contributed by atoms with Crippen molar-refractivity contribution in [3.8, 4) is 0 Å². The zero-order chi connectivity index (χ0) is 14.8. The van der Waals surface area contributed by atoms with Crippen LogP contribution in [0.4, 0.5) is 0 Å². The lowest BCUT2D eigenvalue weighted by molar-refractivity contribution is -0.140. The zero-order valence-corrected chi connectivity index (χ0v) is 14.2. The lowest BCUT2D eigenvalue weighted by Crippen LogP contribution is -2.53. The highest BCUT2D eigenvalue weighted by atomic mass is 35.5. The Balaban J connectivity index is 0.00000176. The quantitative estimate of drug-likeness (QED) is 0.792. The van der Waals surface area contributed by atoms with Gasteiger partial charge in [-0.1, -0.05) is 6.92 Å². The van der Waals surface area contributed by atoms with Gasteiger partial charge in [-0.3, -0.25) is 9.59 Å². The second-order valence-corrected chi connectivity index (χ2v) is 7.02. The molecule has 2 atom stereocenters. The summed E-state index contributed by atoms with van der Waals surface area (Å²) >= 11 is 0. The van der Waals surface area contributed by atoms with Crippen molar-refractivity contribution in [2.24, 2.45) is 23.7 Å². The van der Waals surface area contributed by atoms with Crippen LogP contribution in [0.15, 0.2) is 0 Å². The average Bonchev–Trinajstić information content (AvgIpc) is 3.26. The van der Waals surface area contributed by atoms with Crippen molar-refractivity contribution in [2.75, 3.05) is 32.7 Å². The largest absolute Gasteiger partial charge is 0.356 e. The summed E-state index contributed by atoms with van der Waals surface area (Å²) in [5.74, 6) is 1.65. The van der Waals surface area contributed by atoms with E-state index in [1.807, 2.05) is 11.8 Å². The van der Waals surface area contributed by atoms with Gasteiger partial charge in [-0.25, -0.2) is 0 Å². The third-order valence-corrected chi connectivity index (χ3v) is 5.28. The predicted molar refractivity (Wildman–Crippen MR) is 87.8 cm³/mol. The van der Waals surface area contributed by atoms with Crippen LogP contribution in [0, 0.1) is 23.7 Å². The number of carbonyl (C=O) groups excluding carboxylic acids is 2. The van der Waals surface area contributed by atoms with Gasteiger partial charge in [0.2, 0.25) is 11.8 Å². The first-order chi connectivity index (χ1) is 10.1. The molecule has 2 heterocycles. The van der Waals surface area contributed by atoms with Crippen LogP contribution in [0.25, 0.3) is 0 Å². The molecule has 2 saturated heterocycles. The topological polar surface area (TPSA) is 61.4 Å². The van der Waals surface area contributed by atoms with E-state index >= 15 is 0 Å².